The highest BCUT2D eigenvalue weighted by molar-refractivity contribution is 7.09. The standard InChI is InChI=1S/C8H11NO2S/c1-5(2)11-8(10)7-4-12-6(3)9-7/h4-5H,1-3H3. The first-order chi connectivity index (χ1) is 5.59. The van der Waals surface area contributed by atoms with E-state index in [1.54, 1.807) is 5.38 Å². The first-order valence-corrected chi connectivity index (χ1v) is 4.60. The highest BCUT2D eigenvalue weighted by atomic mass is 32.1. The van der Waals surface area contributed by atoms with Gasteiger partial charge in [-0.05, 0) is 20.8 Å². The van der Waals surface area contributed by atoms with E-state index in [1.807, 2.05) is 20.8 Å². The zero-order valence-corrected chi connectivity index (χ0v) is 8.14. The number of carbonyl (C=O) groups is 1. The molecule has 1 rings (SSSR count). The molecule has 0 atom stereocenters. The number of esters is 1. The average Bonchev–Trinajstić information content (AvgIpc) is 2.34. The van der Waals surface area contributed by atoms with Crippen molar-refractivity contribution in [2.24, 2.45) is 0 Å². The third-order valence-corrected chi connectivity index (χ3v) is 1.94. The van der Waals surface area contributed by atoms with Crippen LogP contribution in [0.4, 0.5) is 0 Å². The average molecular weight is 185 g/mol. The molecular weight excluding hydrogens is 174 g/mol. The van der Waals surface area contributed by atoms with Crippen molar-refractivity contribution in [2.45, 2.75) is 26.9 Å². The molecule has 1 heterocycles. The zero-order chi connectivity index (χ0) is 9.14. The third-order valence-electron chi connectivity index (χ3n) is 1.17. The maximum Gasteiger partial charge on any atom is 0.358 e. The number of hydrogen-bond acceptors (Lipinski definition) is 4. The minimum Gasteiger partial charge on any atom is -0.458 e. The Morgan fingerprint density at radius 2 is 2.33 bits per heavy atom. The van der Waals surface area contributed by atoms with E-state index in [2.05, 4.69) is 4.98 Å². The summed E-state index contributed by atoms with van der Waals surface area (Å²) in [6, 6.07) is 0. The molecule has 1 aromatic rings. The van der Waals surface area contributed by atoms with Crippen molar-refractivity contribution in [1.82, 2.24) is 4.98 Å². The van der Waals surface area contributed by atoms with Crippen molar-refractivity contribution in [2.75, 3.05) is 0 Å². The topological polar surface area (TPSA) is 39.2 Å². The lowest BCUT2D eigenvalue weighted by atomic mass is 10.4. The summed E-state index contributed by atoms with van der Waals surface area (Å²) in [5.74, 6) is -0.339. The first kappa shape index (κ1) is 9.19. The van der Waals surface area contributed by atoms with E-state index in [-0.39, 0.29) is 12.1 Å². The molecule has 12 heavy (non-hydrogen) atoms. The fraction of sp³-hybridized carbons (Fsp3) is 0.500. The maximum absolute atomic E-state index is 11.2. The fourth-order valence-electron chi connectivity index (χ4n) is 0.732. The molecule has 0 saturated carbocycles. The Morgan fingerprint density at radius 1 is 1.67 bits per heavy atom. The van der Waals surface area contributed by atoms with Gasteiger partial charge in [-0.25, -0.2) is 9.78 Å². The van der Waals surface area contributed by atoms with Gasteiger partial charge in [-0.15, -0.1) is 11.3 Å². The minimum absolute atomic E-state index is 0.0838. The summed E-state index contributed by atoms with van der Waals surface area (Å²) in [5.41, 5.74) is 0.409. The van der Waals surface area contributed by atoms with Crippen molar-refractivity contribution in [3.63, 3.8) is 0 Å². The second-order valence-corrected chi connectivity index (χ2v) is 3.77. The molecule has 0 fully saturated rings. The van der Waals surface area contributed by atoms with E-state index in [9.17, 15) is 4.79 Å². The monoisotopic (exact) mass is 185 g/mol. The molecule has 0 bridgehead atoms. The highest BCUT2D eigenvalue weighted by Gasteiger charge is 2.11. The lowest BCUT2D eigenvalue weighted by molar-refractivity contribution is 0.0371. The summed E-state index contributed by atoms with van der Waals surface area (Å²) >= 11 is 1.45. The molecule has 0 aromatic carbocycles. The highest BCUT2D eigenvalue weighted by Crippen LogP contribution is 2.09. The molecule has 0 radical (unpaired) electrons. The van der Waals surface area contributed by atoms with Crippen LogP contribution in [-0.4, -0.2) is 17.1 Å². The molecule has 0 unspecified atom stereocenters. The smallest absolute Gasteiger partial charge is 0.358 e. The van der Waals surface area contributed by atoms with Gasteiger partial charge in [-0.2, -0.15) is 0 Å². The van der Waals surface area contributed by atoms with E-state index < -0.39 is 0 Å². The molecule has 0 saturated heterocycles. The number of hydrogen-bond donors (Lipinski definition) is 0. The van der Waals surface area contributed by atoms with E-state index in [0.717, 1.165) is 5.01 Å². The van der Waals surface area contributed by atoms with Crippen molar-refractivity contribution in [3.05, 3.63) is 16.1 Å². The van der Waals surface area contributed by atoms with Gasteiger partial charge < -0.3 is 4.74 Å². The second-order valence-electron chi connectivity index (χ2n) is 2.71. The molecule has 0 N–H and O–H groups in total. The number of nitrogens with zero attached hydrogens (tertiary/aromatic N) is 1. The molecule has 0 aliphatic heterocycles. The summed E-state index contributed by atoms with van der Waals surface area (Å²) in [4.78, 5) is 15.2. The lowest BCUT2D eigenvalue weighted by Crippen LogP contribution is -2.11. The normalized spacial score (nSPS) is 10.3. The molecule has 0 amide bonds. The van der Waals surface area contributed by atoms with Gasteiger partial charge in [-0.3, -0.25) is 0 Å². The minimum atomic E-state index is -0.339. The van der Waals surface area contributed by atoms with E-state index in [1.165, 1.54) is 11.3 Å². The van der Waals surface area contributed by atoms with Gasteiger partial charge in [0.25, 0.3) is 0 Å². The summed E-state index contributed by atoms with van der Waals surface area (Å²) < 4.78 is 4.95. The number of ether oxygens (including phenoxy) is 1. The third kappa shape index (κ3) is 2.30. The van der Waals surface area contributed by atoms with Gasteiger partial charge in [0.2, 0.25) is 0 Å². The van der Waals surface area contributed by atoms with Crippen molar-refractivity contribution in [3.8, 4) is 0 Å². The zero-order valence-electron chi connectivity index (χ0n) is 7.33. The summed E-state index contributed by atoms with van der Waals surface area (Å²) in [6.45, 7) is 5.49. The lowest BCUT2D eigenvalue weighted by Gasteiger charge is -2.04. The first-order valence-electron chi connectivity index (χ1n) is 3.72. The summed E-state index contributed by atoms with van der Waals surface area (Å²) in [6.07, 6.45) is -0.0838. The van der Waals surface area contributed by atoms with Crippen LogP contribution < -0.4 is 0 Å². The number of rotatable bonds is 2. The van der Waals surface area contributed by atoms with Crippen LogP contribution in [-0.2, 0) is 4.74 Å². The molecule has 0 aliphatic carbocycles. The predicted octanol–water partition coefficient (Wildman–Crippen LogP) is 2.02. The Hall–Kier alpha value is -0.900. The van der Waals surface area contributed by atoms with Gasteiger partial charge in [0, 0.05) is 5.38 Å². The van der Waals surface area contributed by atoms with Crippen LogP contribution in [0.15, 0.2) is 5.38 Å². The molecule has 0 aliphatic rings. The van der Waals surface area contributed by atoms with Gasteiger partial charge in [-0.1, -0.05) is 0 Å². The quantitative estimate of drug-likeness (QED) is 0.662. The number of thiazole rings is 1. The van der Waals surface area contributed by atoms with E-state index in [4.69, 9.17) is 4.74 Å². The van der Waals surface area contributed by atoms with Crippen LogP contribution in [0.5, 0.6) is 0 Å². The van der Waals surface area contributed by atoms with Gasteiger partial charge in [0.05, 0.1) is 11.1 Å². The Morgan fingerprint density at radius 3 is 2.75 bits per heavy atom. The number of carbonyl (C=O) groups excluding carboxylic acids is 1. The van der Waals surface area contributed by atoms with Crippen LogP contribution in [0.3, 0.4) is 0 Å². The van der Waals surface area contributed by atoms with E-state index in [0.29, 0.717) is 5.69 Å². The SMILES string of the molecule is Cc1nc(C(=O)OC(C)C)cs1. The van der Waals surface area contributed by atoms with Gasteiger partial charge in [0.15, 0.2) is 5.69 Å². The Labute approximate surface area is 75.4 Å². The van der Waals surface area contributed by atoms with Crippen LogP contribution in [0, 0.1) is 6.92 Å². The fourth-order valence-corrected chi connectivity index (χ4v) is 1.31. The molecule has 0 spiro atoms. The van der Waals surface area contributed by atoms with Crippen LogP contribution in [0.25, 0.3) is 0 Å². The Balaban J connectivity index is 2.65. The van der Waals surface area contributed by atoms with Gasteiger partial charge >= 0.3 is 5.97 Å². The summed E-state index contributed by atoms with van der Waals surface area (Å²) in [5, 5.41) is 2.59. The van der Waals surface area contributed by atoms with Crippen molar-refractivity contribution >= 4 is 17.3 Å². The predicted molar refractivity (Wildman–Crippen MR) is 47.4 cm³/mol. The Kier molecular flexibility index (Phi) is 2.81. The van der Waals surface area contributed by atoms with Crippen LogP contribution in [0.2, 0.25) is 0 Å². The van der Waals surface area contributed by atoms with Crippen LogP contribution >= 0.6 is 11.3 Å². The second kappa shape index (κ2) is 3.67. The van der Waals surface area contributed by atoms with Crippen molar-refractivity contribution in [1.29, 1.82) is 0 Å². The van der Waals surface area contributed by atoms with Crippen LogP contribution in [0.1, 0.15) is 29.3 Å². The number of aryl methyl sites for hydroxylation is 1. The molecule has 1 aromatic heterocycles. The molecule has 66 valence electrons. The van der Waals surface area contributed by atoms with E-state index >= 15 is 0 Å². The maximum atomic E-state index is 11.2. The largest absolute Gasteiger partial charge is 0.458 e. The van der Waals surface area contributed by atoms with Crippen molar-refractivity contribution < 1.29 is 9.53 Å². The summed E-state index contributed by atoms with van der Waals surface area (Å²) in [7, 11) is 0. The molecule has 3 nitrogen and oxygen atoms in total. The molecular formula is C8H11NO2S. The molecule has 4 heteroatoms. The number of aromatic nitrogens is 1. The van der Waals surface area contributed by atoms with Gasteiger partial charge in [0.1, 0.15) is 0 Å². The Bertz CT molecular complexity index is 280.